The predicted octanol–water partition coefficient (Wildman–Crippen LogP) is 2.42. The van der Waals surface area contributed by atoms with Gasteiger partial charge in [0, 0.05) is 18.6 Å². The largest absolute Gasteiger partial charge is 0.328 e. The normalized spacial score (nSPS) is 22.4. The van der Waals surface area contributed by atoms with Gasteiger partial charge in [-0.3, -0.25) is 0 Å². The molecule has 2 aromatic rings. The van der Waals surface area contributed by atoms with E-state index < -0.39 is 0 Å². The van der Waals surface area contributed by atoms with Gasteiger partial charge in [-0.05, 0) is 48.1 Å². The molecule has 0 amide bonds. The van der Waals surface area contributed by atoms with E-state index in [0.29, 0.717) is 12.1 Å². The number of nitrogens with two attached hydrogens (primary N) is 1. The van der Waals surface area contributed by atoms with E-state index in [0.717, 1.165) is 50.9 Å². The summed E-state index contributed by atoms with van der Waals surface area (Å²) < 4.78 is 1.95. The summed E-state index contributed by atoms with van der Waals surface area (Å²) in [5.41, 5.74) is 7.26. The zero-order chi connectivity index (χ0) is 16.8. The molecule has 3 N–H and O–H groups in total. The third kappa shape index (κ3) is 4.19. The summed E-state index contributed by atoms with van der Waals surface area (Å²) >= 11 is 0. The zero-order valence-electron chi connectivity index (χ0n) is 14.4. The summed E-state index contributed by atoms with van der Waals surface area (Å²) in [5, 5.41) is 16.3. The van der Waals surface area contributed by atoms with Gasteiger partial charge in [0.2, 0.25) is 0 Å². The lowest BCUT2D eigenvalue weighted by atomic mass is 9.90. The van der Waals surface area contributed by atoms with Gasteiger partial charge in [-0.25, -0.2) is 4.68 Å². The Kier molecular flexibility index (Phi) is 5.93. The van der Waals surface area contributed by atoms with E-state index in [1.54, 1.807) is 0 Å². The van der Waals surface area contributed by atoms with Crippen molar-refractivity contribution < 1.29 is 0 Å². The molecular formula is C18H28N6. The van der Waals surface area contributed by atoms with Crippen molar-refractivity contribution in [1.82, 2.24) is 25.5 Å². The van der Waals surface area contributed by atoms with Crippen molar-refractivity contribution >= 4 is 0 Å². The Labute approximate surface area is 143 Å². The van der Waals surface area contributed by atoms with Crippen LogP contribution in [0, 0.1) is 0 Å². The molecule has 0 spiro atoms. The van der Waals surface area contributed by atoms with Crippen LogP contribution in [0.15, 0.2) is 30.3 Å². The highest BCUT2D eigenvalue weighted by Gasteiger charge is 2.26. The Morgan fingerprint density at radius 1 is 1.21 bits per heavy atom. The van der Waals surface area contributed by atoms with E-state index in [9.17, 15) is 0 Å². The second-order valence-electron chi connectivity index (χ2n) is 6.74. The quantitative estimate of drug-likeness (QED) is 0.816. The van der Waals surface area contributed by atoms with Gasteiger partial charge in [-0.15, -0.1) is 5.10 Å². The van der Waals surface area contributed by atoms with Crippen LogP contribution in [-0.4, -0.2) is 32.3 Å². The van der Waals surface area contributed by atoms with Crippen molar-refractivity contribution in [2.75, 3.05) is 0 Å². The average molecular weight is 328 g/mol. The smallest absolute Gasteiger partial charge is 0.172 e. The molecule has 1 atom stereocenters. The lowest BCUT2D eigenvalue weighted by molar-refractivity contribution is 0.320. The standard InChI is InChI=1S/C18H28N6/c1-2-3-13-24-18(21-22-23-24)17(14-7-5-4-6-8-14)20-16-11-9-15(19)10-12-16/h4-8,15-17,20H,2-3,9-13,19H2,1H3. The molecule has 1 aliphatic carbocycles. The first kappa shape index (κ1) is 17.0. The van der Waals surface area contributed by atoms with Crippen LogP contribution < -0.4 is 11.1 Å². The van der Waals surface area contributed by atoms with Gasteiger partial charge in [0.25, 0.3) is 0 Å². The maximum absolute atomic E-state index is 6.05. The minimum absolute atomic E-state index is 0.0254. The highest BCUT2D eigenvalue weighted by molar-refractivity contribution is 5.24. The van der Waals surface area contributed by atoms with Gasteiger partial charge in [0.05, 0.1) is 6.04 Å². The van der Waals surface area contributed by atoms with Crippen molar-refractivity contribution in [3.05, 3.63) is 41.7 Å². The summed E-state index contributed by atoms with van der Waals surface area (Å²) in [7, 11) is 0. The maximum atomic E-state index is 6.05. The summed E-state index contributed by atoms with van der Waals surface area (Å²) in [4.78, 5) is 0. The average Bonchev–Trinajstić information content (AvgIpc) is 3.08. The van der Waals surface area contributed by atoms with Crippen molar-refractivity contribution in [3.63, 3.8) is 0 Å². The minimum Gasteiger partial charge on any atom is -0.328 e. The van der Waals surface area contributed by atoms with E-state index in [1.165, 1.54) is 5.56 Å². The number of aryl methyl sites for hydroxylation is 1. The molecule has 1 heterocycles. The summed E-state index contributed by atoms with van der Waals surface area (Å²) in [6, 6.07) is 11.3. The number of nitrogens with one attached hydrogen (secondary N) is 1. The van der Waals surface area contributed by atoms with Gasteiger partial charge in [-0.1, -0.05) is 43.7 Å². The van der Waals surface area contributed by atoms with E-state index in [4.69, 9.17) is 5.73 Å². The summed E-state index contributed by atoms with van der Waals surface area (Å²) in [5.74, 6) is 0.907. The SMILES string of the molecule is CCCCn1nnnc1C(NC1CCC(N)CC1)c1ccccc1. The molecule has 6 nitrogen and oxygen atoms in total. The van der Waals surface area contributed by atoms with Crippen LogP contribution in [-0.2, 0) is 6.54 Å². The molecule has 0 saturated heterocycles. The number of aromatic nitrogens is 4. The zero-order valence-corrected chi connectivity index (χ0v) is 14.4. The second-order valence-corrected chi connectivity index (χ2v) is 6.74. The molecule has 1 saturated carbocycles. The van der Waals surface area contributed by atoms with E-state index in [2.05, 4.69) is 52.0 Å². The fourth-order valence-electron chi connectivity index (χ4n) is 3.37. The van der Waals surface area contributed by atoms with Crippen LogP contribution in [0.4, 0.5) is 0 Å². The topological polar surface area (TPSA) is 81.7 Å². The van der Waals surface area contributed by atoms with Gasteiger partial charge in [0.1, 0.15) is 0 Å². The van der Waals surface area contributed by atoms with E-state index in [1.807, 2.05) is 10.7 Å². The van der Waals surface area contributed by atoms with Crippen LogP contribution in [0.1, 0.15) is 62.9 Å². The number of benzene rings is 1. The summed E-state index contributed by atoms with van der Waals surface area (Å²) in [6.07, 6.45) is 6.60. The van der Waals surface area contributed by atoms with E-state index in [-0.39, 0.29) is 6.04 Å². The molecule has 1 aliphatic rings. The van der Waals surface area contributed by atoms with E-state index >= 15 is 0 Å². The molecule has 6 heteroatoms. The number of rotatable bonds is 7. The van der Waals surface area contributed by atoms with Gasteiger partial charge < -0.3 is 11.1 Å². The third-order valence-electron chi connectivity index (χ3n) is 4.85. The molecule has 1 unspecified atom stereocenters. The van der Waals surface area contributed by atoms with Crippen LogP contribution >= 0.6 is 0 Å². The molecule has 1 aromatic heterocycles. The fraction of sp³-hybridized carbons (Fsp3) is 0.611. The number of hydrogen-bond donors (Lipinski definition) is 2. The third-order valence-corrected chi connectivity index (χ3v) is 4.85. The van der Waals surface area contributed by atoms with Crippen molar-refractivity contribution in [2.45, 2.75) is 70.1 Å². The summed E-state index contributed by atoms with van der Waals surface area (Å²) in [6.45, 7) is 3.04. The minimum atomic E-state index is 0.0254. The van der Waals surface area contributed by atoms with Crippen molar-refractivity contribution in [2.24, 2.45) is 5.73 Å². The Bertz CT molecular complexity index is 603. The molecule has 1 fully saturated rings. The van der Waals surface area contributed by atoms with Crippen LogP contribution in [0.5, 0.6) is 0 Å². The molecule has 0 radical (unpaired) electrons. The van der Waals surface area contributed by atoms with Crippen LogP contribution in [0.25, 0.3) is 0 Å². The highest BCUT2D eigenvalue weighted by Crippen LogP contribution is 2.25. The lowest BCUT2D eigenvalue weighted by Crippen LogP contribution is -2.40. The maximum Gasteiger partial charge on any atom is 0.172 e. The number of tetrazole rings is 1. The van der Waals surface area contributed by atoms with Crippen molar-refractivity contribution in [3.8, 4) is 0 Å². The molecule has 130 valence electrons. The Balaban J connectivity index is 1.81. The molecule has 3 rings (SSSR count). The van der Waals surface area contributed by atoms with Gasteiger partial charge in [0.15, 0.2) is 5.82 Å². The molecule has 0 aliphatic heterocycles. The van der Waals surface area contributed by atoms with Crippen LogP contribution in [0.2, 0.25) is 0 Å². The van der Waals surface area contributed by atoms with Crippen LogP contribution in [0.3, 0.4) is 0 Å². The first-order valence-corrected chi connectivity index (χ1v) is 9.10. The molecular weight excluding hydrogens is 300 g/mol. The first-order valence-electron chi connectivity index (χ1n) is 9.10. The Morgan fingerprint density at radius 2 is 1.96 bits per heavy atom. The highest BCUT2D eigenvalue weighted by atomic mass is 15.5. The first-order chi connectivity index (χ1) is 11.8. The monoisotopic (exact) mass is 328 g/mol. The predicted molar refractivity (Wildman–Crippen MR) is 94.4 cm³/mol. The molecule has 1 aromatic carbocycles. The number of unbranched alkanes of at least 4 members (excludes halogenated alkanes) is 1. The van der Waals surface area contributed by atoms with Gasteiger partial charge >= 0.3 is 0 Å². The number of hydrogen-bond acceptors (Lipinski definition) is 5. The van der Waals surface area contributed by atoms with Crippen molar-refractivity contribution in [1.29, 1.82) is 0 Å². The molecule has 24 heavy (non-hydrogen) atoms. The number of nitrogens with zero attached hydrogens (tertiary/aromatic N) is 4. The fourth-order valence-corrected chi connectivity index (χ4v) is 3.37. The second kappa shape index (κ2) is 8.35. The molecule has 0 bridgehead atoms. The van der Waals surface area contributed by atoms with Gasteiger partial charge in [-0.2, -0.15) is 0 Å². The Hall–Kier alpha value is -1.79. The lowest BCUT2D eigenvalue weighted by Gasteiger charge is -2.30. The Morgan fingerprint density at radius 3 is 2.67 bits per heavy atom.